The Kier molecular flexibility index (Phi) is 5.35. The van der Waals surface area contributed by atoms with Gasteiger partial charge in [-0.15, -0.1) is 0 Å². The lowest BCUT2D eigenvalue weighted by atomic mass is 9.92. The van der Waals surface area contributed by atoms with Crippen LogP contribution in [0.2, 0.25) is 0 Å². The molecule has 1 fully saturated rings. The van der Waals surface area contributed by atoms with Crippen molar-refractivity contribution in [3.8, 4) is 16.9 Å². The molecule has 0 spiro atoms. The van der Waals surface area contributed by atoms with Gasteiger partial charge in [-0.25, -0.2) is 0 Å². The second kappa shape index (κ2) is 7.65. The van der Waals surface area contributed by atoms with E-state index in [-0.39, 0.29) is 0 Å². The lowest BCUT2D eigenvalue weighted by Gasteiger charge is -2.31. The van der Waals surface area contributed by atoms with Gasteiger partial charge >= 0.3 is 0 Å². The Morgan fingerprint density at radius 1 is 0.913 bits per heavy atom. The Bertz CT molecular complexity index is 600. The van der Waals surface area contributed by atoms with Gasteiger partial charge in [0.1, 0.15) is 18.9 Å². The van der Waals surface area contributed by atoms with Crippen LogP contribution in [0.5, 0.6) is 5.75 Å². The van der Waals surface area contributed by atoms with Gasteiger partial charge in [-0.2, -0.15) is 0 Å². The number of rotatable bonds is 5. The van der Waals surface area contributed by atoms with E-state index in [4.69, 9.17) is 4.74 Å². The van der Waals surface area contributed by atoms with Crippen LogP contribution >= 0.6 is 0 Å². The molecule has 1 saturated heterocycles. The lowest BCUT2D eigenvalue weighted by Crippen LogP contribution is -3.14. The quantitative estimate of drug-likeness (QED) is 0.894. The molecule has 2 nitrogen and oxygen atoms in total. The molecule has 0 bridgehead atoms. The van der Waals surface area contributed by atoms with Crippen LogP contribution in [0, 0.1) is 11.8 Å². The second-order valence-electron chi connectivity index (χ2n) is 7.06. The number of quaternary nitrogens is 1. The van der Waals surface area contributed by atoms with Crippen LogP contribution in [-0.4, -0.2) is 26.2 Å². The van der Waals surface area contributed by atoms with E-state index in [2.05, 4.69) is 68.4 Å². The third kappa shape index (κ3) is 4.35. The number of hydrogen-bond donors (Lipinski definition) is 1. The maximum Gasteiger partial charge on any atom is 0.137 e. The molecule has 2 aromatic carbocycles. The van der Waals surface area contributed by atoms with Crippen molar-refractivity contribution in [3.63, 3.8) is 0 Å². The maximum atomic E-state index is 6.14. The van der Waals surface area contributed by atoms with Crippen LogP contribution in [0.3, 0.4) is 0 Å². The van der Waals surface area contributed by atoms with Crippen LogP contribution in [0.25, 0.3) is 11.1 Å². The van der Waals surface area contributed by atoms with Crippen molar-refractivity contribution in [2.24, 2.45) is 11.8 Å². The summed E-state index contributed by atoms with van der Waals surface area (Å²) in [5.74, 6) is 2.67. The molecule has 0 amide bonds. The van der Waals surface area contributed by atoms with Crippen LogP contribution in [0.1, 0.15) is 20.3 Å². The zero-order chi connectivity index (χ0) is 16.1. The van der Waals surface area contributed by atoms with Gasteiger partial charge in [-0.3, -0.25) is 0 Å². The van der Waals surface area contributed by atoms with Crippen molar-refractivity contribution in [1.29, 1.82) is 0 Å². The van der Waals surface area contributed by atoms with Crippen molar-refractivity contribution in [1.82, 2.24) is 0 Å². The van der Waals surface area contributed by atoms with Crippen molar-refractivity contribution < 1.29 is 9.64 Å². The van der Waals surface area contributed by atoms with E-state index in [9.17, 15) is 0 Å². The average molecular weight is 310 g/mol. The minimum absolute atomic E-state index is 0.790. The fraction of sp³-hybridized carbons (Fsp3) is 0.429. The molecule has 2 heteroatoms. The van der Waals surface area contributed by atoms with Gasteiger partial charge in [0.25, 0.3) is 0 Å². The first kappa shape index (κ1) is 16.1. The zero-order valence-electron chi connectivity index (χ0n) is 14.3. The van der Waals surface area contributed by atoms with E-state index in [0.717, 1.165) is 30.7 Å². The van der Waals surface area contributed by atoms with Crippen LogP contribution in [0.15, 0.2) is 54.6 Å². The number of hydrogen-bond acceptors (Lipinski definition) is 1. The minimum Gasteiger partial charge on any atom is -0.487 e. The predicted octanol–water partition coefficient (Wildman–Crippen LogP) is 3.29. The van der Waals surface area contributed by atoms with Crippen molar-refractivity contribution in [2.75, 3.05) is 26.2 Å². The van der Waals surface area contributed by atoms with Gasteiger partial charge < -0.3 is 9.64 Å². The highest BCUT2D eigenvalue weighted by Gasteiger charge is 2.24. The maximum absolute atomic E-state index is 6.14. The Morgan fingerprint density at radius 2 is 1.57 bits per heavy atom. The normalized spacial score (nSPS) is 24.3. The zero-order valence-corrected chi connectivity index (χ0v) is 14.3. The molecule has 0 aromatic heterocycles. The summed E-state index contributed by atoms with van der Waals surface area (Å²) in [6, 6.07) is 18.8. The van der Waals surface area contributed by atoms with Gasteiger partial charge in [0, 0.05) is 17.4 Å². The topological polar surface area (TPSA) is 13.7 Å². The molecule has 2 aromatic rings. The van der Waals surface area contributed by atoms with E-state index in [0.29, 0.717) is 0 Å². The summed E-state index contributed by atoms with van der Waals surface area (Å²) in [6.07, 6.45) is 1.38. The van der Waals surface area contributed by atoms with Crippen LogP contribution in [-0.2, 0) is 0 Å². The van der Waals surface area contributed by atoms with Crippen molar-refractivity contribution in [2.45, 2.75) is 20.3 Å². The smallest absolute Gasteiger partial charge is 0.137 e. The molecule has 0 radical (unpaired) electrons. The highest BCUT2D eigenvalue weighted by molar-refractivity contribution is 5.70. The Hall–Kier alpha value is -1.80. The summed E-state index contributed by atoms with van der Waals surface area (Å²) in [7, 11) is 0. The van der Waals surface area contributed by atoms with Gasteiger partial charge in [-0.1, -0.05) is 62.4 Å². The summed E-state index contributed by atoms with van der Waals surface area (Å²) in [4.78, 5) is 1.69. The van der Waals surface area contributed by atoms with Crippen LogP contribution in [0.4, 0.5) is 0 Å². The average Bonchev–Trinajstić information content (AvgIpc) is 2.55. The van der Waals surface area contributed by atoms with Crippen molar-refractivity contribution >= 4 is 0 Å². The number of ether oxygens (including phenoxy) is 1. The van der Waals surface area contributed by atoms with Crippen LogP contribution < -0.4 is 9.64 Å². The predicted molar refractivity (Wildman–Crippen MR) is 95.9 cm³/mol. The number of para-hydroxylation sites is 1. The summed E-state index contributed by atoms with van der Waals surface area (Å²) in [5, 5.41) is 0. The third-order valence-electron chi connectivity index (χ3n) is 4.76. The SMILES string of the molecule is C[C@H]1C[C@H](C)C[NH+](CCOc2ccccc2-c2ccccc2)C1. The fourth-order valence-electron chi connectivity index (χ4n) is 3.88. The monoisotopic (exact) mass is 310 g/mol. The number of benzene rings is 2. The minimum atomic E-state index is 0.790. The van der Waals surface area contributed by atoms with Gasteiger partial charge in [0.05, 0.1) is 13.1 Å². The number of piperidine rings is 1. The Labute approximate surface area is 140 Å². The molecule has 2 atom stereocenters. The fourth-order valence-corrected chi connectivity index (χ4v) is 3.88. The first-order chi connectivity index (χ1) is 11.2. The molecule has 122 valence electrons. The third-order valence-corrected chi connectivity index (χ3v) is 4.76. The Morgan fingerprint density at radius 3 is 2.30 bits per heavy atom. The summed E-state index contributed by atoms with van der Waals surface area (Å²) in [5.41, 5.74) is 2.40. The molecule has 1 N–H and O–H groups in total. The number of likely N-dealkylation sites (tertiary alicyclic amines) is 1. The highest BCUT2D eigenvalue weighted by Crippen LogP contribution is 2.29. The molecule has 0 aliphatic carbocycles. The second-order valence-corrected chi connectivity index (χ2v) is 7.06. The van der Waals surface area contributed by atoms with E-state index in [1.807, 2.05) is 0 Å². The molecule has 1 aliphatic heterocycles. The summed E-state index contributed by atoms with van der Waals surface area (Å²) < 4.78 is 6.14. The van der Waals surface area contributed by atoms with E-state index in [1.54, 1.807) is 4.90 Å². The van der Waals surface area contributed by atoms with Crippen molar-refractivity contribution in [3.05, 3.63) is 54.6 Å². The largest absolute Gasteiger partial charge is 0.487 e. The van der Waals surface area contributed by atoms with E-state index >= 15 is 0 Å². The van der Waals surface area contributed by atoms with Gasteiger partial charge in [-0.05, 0) is 18.1 Å². The summed E-state index contributed by atoms with van der Waals surface area (Å²) in [6.45, 7) is 9.21. The number of nitrogens with one attached hydrogen (secondary N) is 1. The standard InChI is InChI=1S/C21H27NO/c1-17-14-18(2)16-22(15-17)12-13-23-21-11-7-6-10-20(21)19-8-4-3-5-9-19/h3-11,17-18H,12-16H2,1-2H3/p+1/t17-,18-/m0/s1. The lowest BCUT2D eigenvalue weighted by molar-refractivity contribution is -0.912. The van der Waals surface area contributed by atoms with E-state index < -0.39 is 0 Å². The first-order valence-corrected chi connectivity index (χ1v) is 8.83. The Balaban J connectivity index is 1.61. The molecule has 0 unspecified atom stereocenters. The molecule has 23 heavy (non-hydrogen) atoms. The van der Waals surface area contributed by atoms with Gasteiger partial charge in [0.15, 0.2) is 0 Å². The molecular formula is C21H28NO+. The highest BCUT2D eigenvalue weighted by atomic mass is 16.5. The van der Waals surface area contributed by atoms with E-state index in [1.165, 1.54) is 30.6 Å². The summed E-state index contributed by atoms with van der Waals surface area (Å²) >= 11 is 0. The first-order valence-electron chi connectivity index (χ1n) is 8.83. The molecular weight excluding hydrogens is 282 g/mol. The van der Waals surface area contributed by atoms with Gasteiger partial charge in [0.2, 0.25) is 0 Å². The molecule has 3 rings (SSSR count). The molecule has 0 saturated carbocycles. The molecule has 1 heterocycles. The molecule has 1 aliphatic rings.